The Morgan fingerprint density at radius 1 is 0.763 bits per heavy atom. The van der Waals surface area contributed by atoms with E-state index in [-0.39, 0.29) is 11.7 Å². The molecule has 9 heteroatoms. The zero-order valence-corrected chi connectivity index (χ0v) is 21.1. The molecule has 0 saturated heterocycles. The van der Waals surface area contributed by atoms with Crippen molar-refractivity contribution < 1.29 is 19.5 Å². The molecule has 8 nitrogen and oxygen atoms in total. The van der Waals surface area contributed by atoms with Gasteiger partial charge in [0.15, 0.2) is 0 Å². The molecule has 0 atom stereocenters. The van der Waals surface area contributed by atoms with Crippen LogP contribution in [0.4, 0.5) is 10.5 Å². The molecule has 4 aromatic rings. The van der Waals surface area contributed by atoms with E-state index in [4.69, 9.17) is 5.73 Å². The molecule has 6 N–H and O–H groups in total. The van der Waals surface area contributed by atoms with E-state index in [1.54, 1.807) is 66.7 Å². The zero-order chi connectivity index (χ0) is 26.9. The molecule has 4 amide bonds. The Hall–Kier alpha value is -4.60. The average Bonchev–Trinajstić information content (AvgIpc) is 2.93. The molecule has 38 heavy (non-hydrogen) atoms. The fourth-order valence-electron chi connectivity index (χ4n) is 3.60. The Bertz CT molecular complexity index is 1460. The number of hydrogen-bond acceptors (Lipinski definition) is 6. The topological polar surface area (TPSA) is 134 Å². The van der Waals surface area contributed by atoms with Crippen molar-refractivity contribution in [3.05, 3.63) is 119 Å². The number of phenols is 1. The number of amides is 4. The molecule has 192 valence electrons. The number of carbonyl (C=O) groups is 3. The molecule has 0 radical (unpaired) electrons. The lowest BCUT2D eigenvalue weighted by molar-refractivity contribution is 0.0946. The number of carbonyl (C=O) groups excluding carboxylic acids is 3. The summed E-state index contributed by atoms with van der Waals surface area (Å²) >= 11 is 1.29. The third-order valence-corrected chi connectivity index (χ3v) is 6.54. The first-order chi connectivity index (χ1) is 18.4. The number of benzene rings is 4. The zero-order valence-electron chi connectivity index (χ0n) is 20.3. The Labute approximate surface area is 224 Å². The molecule has 0 unspecified atom stereocenters. The summed E-state index contributed by atoms with van der Waals surface area (Å²) < 4.78 is 0. The first kappa shape index (κ1) is 26.5. The van der Waals surface area contributed by atoms with Gasteiger partial charge in [0.05, 0.1) is 5.69 Å². The summed E-state index contributed by atoms with van der Waals surface area (Å²) in [6, 6.07) is 26.8. The van der Waals surface area contributed by atoms with Crippen LogP contribution in [-0.2, 0) is 13.1 Å². The van der Waals surface area contributed by atoms with E-state index < -0.39 is 11.9 Å². The monoisotopic (exact) mass is 526 g/mol. The number of imide groups is 1. The summed E-state index contributed by atoms with van der Waals surface area (Å²) in [5.41, 5.74) is 8.57. The van der Waals surface area contributed by atoms with Crippen molar-refractivity contribution in [3.8, 4) is 5.75 Å². The maximum absolute atomic E-state index is 12.9. The molecule has 4 rings (SSSR count). The lowest BCUT2D eigenvalue weighted by atomic mass is 10.1. The summed E-state index contributed by atoms with van der Waals surface area (Å²) in [4.78, 5) is 39.4. The number of nitrogens with one attached hydrogen (secondary N) is 3. The van der Waals surface area contributed by atoms with E-state index in [9.17, 15) is 19.5 Å². The Kier molecular flexibility index (Phi) is 8.76. The Morgan fingerprint density at radius 2 is 1.53 bits per heavy atom. The lowest BCUT2D eigenvalue weighted by Gasteiger charge is -2.14. The molecule has 0 aromatic heterocycles. The van der Waals surface area contributed by atoms with E-state index >= 15 is 0 Å². The molecular formula is C29H26N4O4S. The maximum Gasteiger partial charge on any atom is 0.326 e. The van der Waals surface area contributed by atoms with Crippen molar-refractivity contribution in [1.82, 2.24) is 10.6 Å². The standard InChI is InChI=1S/C29H26N4O4S/c30-17-19-6-4-7-20(14-19)18-31-27(35)22-12-13-26(38-24-11-5-10-23(34)16-24)25(15-22)32-29(37)33-28(36)21-8-2-1-3-9-21/h1-16,34H,17-18,30H2,(H,31,35)(H2,32,33,36,37). The minimum absolute atomic E-state index is 0.102. The van der Waals surface area contributed by atoms with E-state index in [1.807, 2.05) is 30.3 Å². The van der Waals surface area contributed by atoms with Gasteiger partial charge in [-0.2, -0.15) is 0 Å². The van der Waals surface area contributed by atoms with Crippen LogP contribution < -0.4 is 21.7 Å². The van der Waals surface area contributed by atoms with E-state index in [1.165, 1.54) is 11.8 Å². The summed E-state index contributed by atoms with van der Waals surface area (Å²) in [5, 5.41) is 17.7. The predicted molar refractivity (Wildman–Crippen MR) is 147 cm³/mol. The third kappa shape index (κ3) is 7.22. The minimum Gasteiger partial charge on any atom is -0.508 e. The highest BCUT2D eigenvalue weighted by atomic mass is 32.2. The Morgan fingerprint density at radius 3 is 2.29 bits per heavy atom. The molecular weight excluding hydrogens is 500 g/mol. The van der Waals surface area contributed by atoms with Gasteiger partial charge in [-0.05, 0) is 59.7 Å². The van der Waals surface area contributed by atoms with Gasteiger partial charge < -0.3 is 21.5 Å². The minimum atomic E-state index is -0.743. The van der Waals surface area contributed by atoms with Gasteiger partial charge in [0.25, 0.3) is 11.8 Å². The van der Waals surface area contributed by atoms with Crippen LogP contribution in [0.25, 0.3) is 0 Å². The second kappa shape index (κ2) is 12.6. The van der Waals surface area contributed by atoms with Crippen molar-refractivity contribution in [3.63, 3.8) is 0 Å². The number of nitrogens with two attached hydrogens (primary N) is 1. The average molecular weight is 527 g/mol. The Balaban J connectivity index is 1.53. The molecule has 0 bridgehead atoms. The van der Waals surface area contributed by atoms with Gasteiger partial charge in [0, 0.05) is 34.0 Å². The number of rotatable bonds is 8. The molecule has 4 aromatic carbocycles. The molecule has 0 saturated carbocycles. The number of hydrogen-bond donors (Lipinski definition) is 5. The summed E-state index contributed by atoms with van der Waals surface area (Å²) in [6.45, 7) is 0.714. The van der Waals surface area contributed by atoms with Crippen LogP contribution in [0.5, 0.6) is 5.75 Å². The van der Waals surface area contributed by atoms with E-state index in [2.05, 4.69) is 16.0 Å². The molecule has 0 fully saturated rings. The molecule has 0 spiro atoms. The second-order valence-electron chi connectivity index (χ2n) is 8.29. The van der Waals surface area contributed by atoms with Crippen molar-refractivity contribution >= 4 is 35.3 Å². The van der Waals surface area contributed by atoms with Crippen LogP contribution in [0.2, 0.25) is 0 Å². The first-order valence-electron chi connectivity index (χ1n) is 11.8. The van der Waals surface area contributed by atoms with Crippen LogP contribution in [-0.4, -0.2) is 23.0 Å². The molecule has 0 heterocycles. The van der Waals surface area contributed by atoms with Gasteiger partial charge >= 0.3 is 6.03 Å². The van der Waals surface area contributed by atoms with Gasteiger partial charge in [-0.15, -0.1) is 0 Å². The number of phenolic OH excluding ortho intramolecular Hbond substituents is 1. The van der Waals surface area contributed by atoms with Gasteiger partial charge in [-0.1, -0.05) is 60.3 Å². The van der Waals surface area contributed by atoms with Crippen LogP contribution in [0.15, 0.2) is 107 Å². The van der Waals surface area contributed by atoms with Gasteiger partial charge in [-0.25, -0.2) is 4.79 Å². The first-order valence-corrected chi connectivity index (χ1v) is 12.6. The highest BCUT2D eigenvalue weighted by Gasteiger charge is 2.16. The molecule has 0 aliphatic rings. The molecule has 0 aliphatic heterocycles. The fraction of sp³-hybridized carbons (Fsp3) is 0.0690. The summed E-state index contributed by atoms with van der Waals surface area (Å²) in [7, 11) is 0. The summed E-state index contributed by atoms with van der Waals surface area (Å²) in [5.74, 6) is -0.787. The van der Waals surface area contributed by atoms with Crippen LogP contribution in [0, 0.1) is 0 Å². The van der Waals surface area contributed by atoms with Crippen LogP contribution in [0.1, 0.15) is 31.8 Å². The van der Waals surface area contributed by atoms with E-state index in [0.29, 0.717) is 34.8 Å². The quantitative estimate of drug-likeness (QED) is 0.222. The third-order valence-electron chi connectivity index (χ3n) is 5.48. The van der Waals surface area contributed by atoms with Gasteiger partial charge in [0.2, 0.25) is 0 Å². The van der Waals surface area contributed by atoms with Crippen molar-refractivity contribution in [2.75, 3.05) is 5.32 Å². The smallest absolute Gasteiger partial charge is 0.326 e. The summed E-state index contributed by atoms with van der Waals surface area (Å²) in [6.07, 6.45) is 0. The predicted octanol–water partition coefficient (Wildman–Crippen LogP) is 4.89. The van der Waals surface area contributed by atoms with Crippen molar-refractivity contribution in [1.29, 1.82) is 0 Å². The van der Waals surface area contributed by atoms with Crippen LogP contribution >= 0.6 is 11.8 Å². The highest BCUT2D eigenvalue weighted by molar-refractivity contribution is 7.99. The number of aromatic hydroxyl groups is 1. The SMILES string of the molecule is NCc1cccc(CNC(=O)c2ccc(Sc3cccc(O)c3)c(NC(=O)NC(=O)c3ccccc3)c2)c1. The second-order valence-corrected chi connectivity index (χ2v) is 9.41. The largest absolute Gasteiger partial charge is 0.508 e. The highest BCUT2D eigenvalue weighted by Crippen LogP contribution is 2.35. The normalized spacial score (nSPS) is 10.4. The number of anilines is 1. The van der Waals surface area contributed by atoms with Gasteiger partial charge in [0.1, 0.15) is 5.75 Å². The van der Waals surface area contributed by atoms with E-state index in [0.717, 1.165) is 16.0 Å². The lowest BCUT2D eigenvalue weighted by Crippen LogP contribution is -2.34. The number of urea groups is 1. The fourth-order valence-corrected chi connectivity index (χ4v) is 4.54. The molecule has 0 aliphatic carbocycles. The van der Waals surface area contributed by atoms with Crippen molar-refractivity contribution in [2.45, 2.75) is 22.9 Å². The van der Waals surface area contributed by atoms with Crippen LogP contribution in [0.3, 0.4) is 0 Å². The van der Waals surface area contributed by atoms with Gasteiger partial charge in [-0.3, -0.25) is 14.9 Å². The maximum atomic E-state index is 12.9. The van der Waals surface area contributed by atoms with Crippen molar-refractivity contribution in [2.24, 2.45) is 5.73 Å².